The third kappa shape index (κ3) is 3.92. The van der Waals surface area contributed by atoms with Crippen molar-refractivity contribution in [1.29, 1.82) is 0 Å². The zero-order valence-electron chi connectivity index (χ0n) is 13.9. The van der Waals surface area contributed by atoms with Gasteiger partial charge in [-0.2, -0.15) is 0 Å². The van der Waals surface area contributed by atoms with Crippen LogP contribution in [0.4, 0.5) is 11.5 Å². The third-order valence-electron chi connectivity index (χ3n) is 3.53. The van der Waals surface area contributed by atoms with E-state index in [9.17, 15) is 9.90 Å². The number of hydrogen-bond donors (Lipinski definition) is 2. The molecule has 0 fully saturated rings. The Morgan fingerprint density at radius 1 is 1.23 bits per heavy atom. The summed E-state index contributed by atoms with van der Waals surface area (Å²) in [6, 6.07) is 13.9. The number of rotatable bonds is 5. The molecule has 2 aromatic carbocycles. The van der Waals surface area contributed by atoms with Crippen molar-refractivity contribution in [2.75, 3.05) is 11.9 Å². The Morgan fingerprint density at radius 2 is 2.00 bits per heavy atom. The van der Waals surface area contributed by atoms with Gasteiger partial charge in [-0.05, 0) is 25.1 Å². The number of ether oxygens (including phenoxy) is 1. The van der Waals surface area contributed by atoms with Crippen LogP contribution in [0.2, 0.25) is 5.02 Å². The van der Waals surface area contributed by atoms with E-state index in [1.54, 1.807) is 13.0 Å². The van der Waals surface area contributed by atoms with E-state index < -0.39 is 5.97 Å². The van der Waals surface area contributed by atoms with Crippen LogP contribution in [-0.2, 0) is 4.74 Å². The maximum atomic E-state index is 12.2. The SMILES string of the molecule is CCOC(=O)c1cnc(-c2ccccc2)nc1Nc1cc(Cl)ccc1O. The summed E-state index contributed by atoms with van der Waals surface area (Å²) in [5, 5.41) is 13.4. The van der Waals surface area contributed by atoms with Crippen molar-refractivity contribution in [3.8, 4) is 17.1 Å². The number of nitrogens with zero attached hydrogens (tertiary/aromatic N) is 2. The smallest absolute Gasteiger partial charge is 0.343 e. The molecule has 0 spiro atoms. The molecule has 0 aliphatic heterocycles. The lowest BCUT2D eigenvalue weighted by atomic mass is 10.2. The Morgan fingerprint density at radius 3 is 2.73 bits per heavy atom. The standard InChI is InChI=1S/C19H16ClN3O3/c1-2-26-19(25)14-11-21-17(12-6-4-3-5-7-12)23-18(14)22-15-10-13(20)8-9-16(15)24/h3-11,24H,2H2,1H3,(H,21,22,23). The molecular formula is C19H16ClN3O3. The van der Waals surface area contributed by atoms with Crippen LogP contribution in [0.3, 0.4) is 0 Å². The second kappa shape index (κ2) is 7.84. The number of esters is 1. The highest BCUT2D eigenvalue weighted by molar-refractivity contribution is 6.31. The summed E-state index contributed by atoms with van der Waals surface area (Å²) in [6.07, 6.45) is 1.40. The minimum Gasteiger partial charge on any atom is -0.506 e. The molecule has 0 amide bonds. The summed E-state index contributed by atoms with van der Waals surface area (Å²) >= 11 is 5.99. The molecule has 132 valence electrons. The molecule has 0 aliphatic carbocycles. The molecule has 2 N–H and O–H groups in total. The third-order valence-corrected chi connectivity index (χ3v) is 3.76. The maximum absolute atomic E-state index is 12.2. The number of anilines is 2. The lowest BCUT2D eigenvalue weighted by Gasteiger charge is -2.13. The molecule has 0 radical (unpaired) electrons. The number of carbonyl (C=O) groups excluding carboxylic acids is 1. The van der Waals surface area contributed by atoms with Crippen LogP contribution in [0.1, 0.15) is 17.3 Å². The Kier molecular flexibility index (Phi) is 5.34. The molecule has 6 nitrogen and oxygen atoms in total. The summed E-state index contributed by atoms with van der Waals surface area (Å²) in [4.78, 5) is 20.9. The topological polar surface area (TPSA) is 84.3 Å². The molecule has 7 heteroatoms. The van der Waals surface area contributed by atoms with Gasteiger partial charge in [0.05, 0.1) is 12.3 Å². The zero-order chi connectivity index (χ0) is 18.5. The Labute approximate surface area is 155 Å². The Balaban J connectivity index is 2.06. The van der Waals surface area contributed by atoms with E-state index >= 15 is 0 Å². The van der Waals surface area contributed by atoms with Crippen molar-refractivity contribution < 1.29 is 14.6 Å². The van der Waals surface area contributed by atoms with Crippen molar-refractivity contribution in [1.82, 2.24) is 9.97 Å². The molecule has 0 aliphatic rings. The van der Waals surface area contributed by atoms with E-state index in [-0.39, 0.29) is 23.7 Å². The number of hydrogen-bond acceptors (Lipinski definition) is 6. The van der Waals surface area contributed by atoms with Crippen molar-refractivity contribution in [3.63, 3.8) is 0 Å². The van der Waals surface area contributed by atoms with Crippen LogP contribution in [-0.4, -0.2) is 27.7 Å². The summed E-state index contributed by atoms with van der Waals surface area (Å²) in [6.45, 7) is 1.94. The first kappa shape index (κ1) is 17.7. The van der Waals surface area contributed by atoms with Crippen molar-refractivity contribution >= 4 is 29.1 Å². The summed E-state index contributed by atoms with van der Waals surface area (Å²) in [7, 11) is 0. The second-order valence-electron chi connectivity index (χ2n) is 5.33. The molecule has 3 rings (SSSR count). The fraction of sp³-hybridized carbons (Fsp3) is 0.105. The largest absolute Gasteiger partial charge is 0.506 e. The van der Waals surface area contributed by atoms with Crippen LogP contribution in [0.15, 0.2) is 54.7 Å². The van der Waals surface area contributed by atoms with Crippen LogP contribution >= 0.6 is 11.6 Å². The van der Waals surface area contributed by atoms with E-state index in [0.717, 1.165) is 5.56 Å². The number of phenolic OH excluding ortho intramolecular Hbond substituents is 1. The van der Waals surface area contributed by atoms with Gasteiger partial charge >= 0.3 is 5.97 Å². The van der Waals surface area contributed by atoms with Crippen LogP contribution in [0, 0.1) is 0 Å². The minimum atomic E-state index is -0.559. The van der Waals surface area contributed by atoms with Gasteiger partial charge in [0, 0.05) is 16.8 Å². The average Bonchev–Trinajstić information content (AvgIpc) is 2.65. The predicted octanol–water partition coefficient (Wildman–Crippen LogP) is 4.42. The van der Waals surface area contributed by atoms with Gasteiger partial charge in [0.15, 0.2) is 5.82 Å². The van der Waals surface area contributed by atoms with Gasteiger partial charge in [0.1, 0.15) is 17.1 Å². The number of phenols is 1. The van der Waals surface area contributed by atoms with E-state index in [2.05, 4.69) is 15.3 Å². The van der Waals surface area contributed by atoms with Gasteiger partial charge in [0.25, 0.3) is 0 Å². The molecule has 0 saturated heterocycles. The van der Waals surface area contributed by atoms with Gasteiger partial charge < -0.3 is 15.2 Å². The number of halogens is 1. The number of carbonyl (C=O) groups is 1. The fourth-order valence-corrected chi connectivity index (χ4v) is 2.47. The van der Waals surface area contributed by atoms with Crippen LogP contribution in [0.25, 0.3) is 11.4 Å². The van der Waals surface area contributed by atoms with E-state index in [1.807, 2.05) is 30.3 Å². The lowest BCUT2D eigenvalue weighted by Crippen LogP contribution is -2.11. The van der Waals surface area contributed by atoms with Gasteiger partial charge in [-0.25, -0.2) is 14.8 Å². The van der Waals surface area contributed by atoms with E-state index in [0.29, 0.717) is 16.5 Å². The average molecular weight is 370 g/mol. The summed E-state index contributed by atoms with van der Waals surface area (Å²) < 4.78 is 5.06. The highest BCUT2D eigenvalue weighted by Crippen LogP contribution is 2.31. The highest BCUT2D eigenvalue weighted by Gasteiger charge is 2.18. The zero-order valence-corrected chi connectivity index (χ0v) is 14.7. The van der Waals surface area contributed by atoms with E-state index in [4.69, 9.17) is 16.3 Å². The minimum absolute atomic E-state index is 0.0240. The van der Waals surface area contributed by atoms with E-state index in [1.165, 1.54) is 18.3 Å². The number of aromatic hydroxyl groups is 1. The summed E-state index contributed by atoms with van der Waals surface area (Å²) in [5.41, 5.74) is 1.27. The normalized spacial score (nSPS) is 10.4. The van der Waals surface area contributed by atoms with Crippen molar-refractivity contribution in [2.45, 2.75) is 6.92 Å². The number of aromatic nitrogens is 2. The molecular weight excluding hydrogens is 354 g/mol. The molecule has 26 heavy (non-hydrogen) atoms. The molecule has 0 bridgehead atoms. The van der Waals surface area contributed by atoms with Gasteiger partial charge in [-0.15, -0.1) is 0 Å². The summed E-state index contributed by atoms with van der Waals surface area (Å²) in [5.74, 6) is 0.0674. The van der Waals surface area contributed by atoms with Crippen molar-refractivity contribution in [2.24, 2.45) is 0 Å². The Bertz CT molecular complexity index is 933. The molecule has 0 atom stereocenters. The van der Waals surface area contributed by atoms with Gasteiger partial charge in [-0.1, -0.05) is 41.9 Å². The first-order valence-corrected chi connectivity index (χ1v) is 8.31. The molecule has 1 heterocycles. The fourth-order valence-electron chi connectivity index (χ4n) is 2.30. The molecule has 1 aromatic heterocycles. The Hall–Kier alpha value is -3.12. The highest BCUT2D eigenvalue weighted by atomic mass is 35.5. The molecule has 0 saturated carbocycles. The van der Waals surface area contributed by atoms with Gasteiger partial charge in [-0.3, -0.25) is 0 Å². The monoisotopic (exact) mass is 369 g/mol. The second-order valence-corrected chi connectivity index (χ2v) is 5.77. The van der Waals surface area contributed by atoms with Gasteiger partial charge in [0.2, 0.25) is 0 Å². The first-order chi connectivity index (χ1) is 12.6. The quantitative estimate of drug-likeness (QED) is 0.511. The van der Waals surface area contributed by atoms with Crippen LogP contribution in [0.5, 0.6) is 5.75 Å². The molecule has 3 aromatic rings. The number of nitrogens with one attached hydrogen (secondary N) is 1. The molecule has 0 unspecified atom stereocenters. The first-order valence-electron chi connectivity index (χ1n) is 7.93. The van der Waals surface area contributed by atoms with Crippen LogP contribution < -0.4 is 5.32 Å². The van der Waals surface area contributed by atoms with Crippen molar-refractivity contribution in [3.05, 3.63) is 65.3 Å². The number of benzene rings is 2. The maximum Gasteiger partial charge on any atom is 0.343 e. The predicted molar refractivity (Wildman–Crippen MR) is 99.8 cm³/mol. The lowest BCUT2D eigenvalue weighted by molar-refractivity contribution is 0.0526.